The molecule has 2 aliphatic rings. The van der Waals surface area contributed by atoms with Crippen LogP contribution < -0.4 is 10.1 Å². The van der Waals surface area contributed by atoms with Crippen molar-refractivity contribution in [2.75, 3.05) is 32.1 Å². The summed E-state index contributed by atoms with van der Waals surface area (Å²) in [6, 6.07) is 11.1. The number of likely N-dealkylation sites (N-methyl/N-ethyl adjacent to an activating group) is 1. The summed E-state index contributed by atoms with van der Waals surface area (Å²) in [6.07, 6.45) is 1.15. The normalized spacial score (nSPS) is 21.0. The van der Waals surface area contributed by atoms with Gasteiger partial charge >= 0.3 is 0 Å². The molecule has 2 N–H and O–H groups in total. The number of carbonyl (C=O) groups is 2. The highest BCUT2D eigenvalue weighted by atomic mass is 32.2. The van der Waals surface area contributed by atoms with Crippen LogP contribution in [0.4, 0.5) is 5.69 Å². The highest BCUT2D eigenvalue weighted by Crippen LogP contribution is 2.33. The van der Waals surface area contributed by atoms with Gasteiger partial charge in [0.05, 0.1) is 29.7 Å². The van der Waals surface area contributed by atoms with Crippen LogP contribution >= 0.6 is 0 Å². The molecule has 0 saturated heterocycles. The molecule has 1 aliphatic heterocycles. The summed E-state index contributed by atoms with van der Waals surface area (Å²) in [6.45, 7) is 5.66. The number of amides is 2. The van der Waals surface area contributed by atoms with E-state index in [9.17, 15) is 23.1 Å². The average Bonchev–Trinajstić information content (AvgIpc) is 3.72. The van der Waals surface area contributed by atoms with Gasteiger partial charge < -0.3 is 20.1 Å². The van der Waals surface area contributed by atoms with Crippen molar-refractivity contribution >= 4 is 27.5 Å². The van der Waals surface area contributed by atoms with Gasteiger partial charge in [-0.1, -0.05) is 24.6 Å². The molecule has 9 nitrogen and oxygen atoms in total. The molecule has 10 heteroatoms. The first-order valence-corrected chi connectivity index (χ1v) is 14.0. The first-order chi connectivity index (χ1) is 17.5. The summed E-state index contributed by atoms with van der Waals surface area (Å²) in [4.78, 5) is 27.6. The maximum Gasteiger partial charge on any atom is 0.258 e. The monoisotopic (exact) mass is 529 g/mol. The van der Waals surface area contributed by atoms with Gasteiger partial charge in [-0.15, -0.1) is 0 Å². The van der Waals surface area contributed by atoms with Crippen LogP contribution in [0.2, 0.25) is 0 Å². The lowest BCUT2D eigenvalue weighted by molar-refractivity contribution is -0.117. The van der Waals surface area contributed by atoms with E-state index in [-0.39, 0.29) is 53.8 Å². The van der Waals surface area contributed by atoms with E-state index in [1.807, 2.05) is 13.8 Å². The minimum atomic E-state index is -3.76. The van der Waals surface area contributed by atoms with Crippen molar-refractivity contribution in [2.45, 2.75) is 50.7 Å². The molecule has 2 aromatic rings. The summed E-state index contributed by atoms with van der Waals surface area (Å²) in [7, 11) is -2.24. The van der Waals surface area contributed by atoms with E-state index in [0.29, 0.717) is 11.4 Å². The molecule has 1 heterocycles. The molecule has 1 aliphatic carbocycles. The SMILES string of the molecule is Cc1ccc(S(=O)(=O)N(C)C[C@H]2Oc3ccc(NC(=O)C4CC4)cc3C(=O)N([C@@H](C)CO)C[C@@H]2C)cc1. The second-order valence-electron chi connectivity index (χ2n) is 10.2. The predicted molar refractivity (Wildman–Crippen MR) is 140 cm³/mol. The molecule has 0 radical (unpaired) electrons. The highest BCUT2D eigenvalue weighted by Gasteiger charge is 2.36. The van der Waals surface area contributed by atoms with Gasteiger partial charge in [0.25, 0.3) is 5.91 Å². The van der Waals surface area contributed by atoms with Crippen LogP contribution in [0.15, 0.2) is 47.4 Å². The first-order valence-electron chi connectivity index (χ1n) is 12.6. The fraction of sp³-hybridized carbons (Fsp3) is 0.481. The second-order valence-corrected chi connectivity index (χ2v) is 12.2. The van der Waals surface area contributed by atoms with E-state index in [2.05, 4.69) is 5.32 Å². The fourth-order valence-corrected chi connectivity index (χ4v) is 5.53. The Hall–Kier alpha value is -2.95. The predicted octanol–water partition coefficient (Wildman–Crippen LogP) is 2.88. The lowest BCUT2D eigenvalue weighted by Crippen LogP contribution is -2.50. The third-order valence-corrected chi connectivity index (χ3v) is 8.88. The number of anilines is 1. The maximum atomic E-state index is 13.5. The van der Waals surface area contributed by atoms with Crippen molar-refractivity contribution in [3.8, 4) is 5.75 Å². The number of aliphatic hydroxyl groups excluding tert-OH is 1. The number of carbonyl (C=O) groups excluding carboxylic acids is 2. The van der Waals surface area contributed by atoms with Crippen molar-refractivity contribution in [2.24, 2.45) is 11.8 Å². The van der Waals surface area contributed by atoms with E-state index in [4.69, 9.17) is 4.74 Å². The van der Waals surface area contributed by atoms with Gasteiger partial charge in [0.15, 0.2) is 0 Å². The standard InChI is InChI=1S/C27H35N3O6S/c1-17-5-10-22(11-6-17)37(34,35)29(4)15-25-18(2)14-30(19(3)16-31)27(33)23-13-21(9-12-24(23)36-25)28-26(32)20-7-8-20/h5-6,9-13,18-20,25,31H,7-8,14-16H2,1-4H3,(H,28,32)/t18-,19-,25+/m0/s1. The van der Waals surface area contributed by atoms with Crippen LogP contribution in [0.3, 0.4) is 0 Å². The van der Waals surface area contributed by atoms with Crippen molar-refractivity contribution in [3.63, 3.8) is 0 Å². The molecular weight excluding hydrogens is 494 g/mol. The average molecular weight is 530 g/mol. The van der Waals surface area contributed by atoms with Crippen molar-refractivity contribution in [3.05, 3.63) is 53.6 Å². The maximum absolute atomic E-state index is 13.5. The quantitative estimate of drug-likeness (QED) is 0.543. The van der Waals surface area contributed by atoms with E-state index >= 15 is 0 Å². The van der Waals surface area contributed by atoms with Gasteiger partial charge in [-0.2, -0.15) is 4.31 Å². The van der Waals surface area contributed by atoms with E-state index in [1.165, 1.54) is 11.4 Å². The number of aryl methyl sites for hydroxylation is 1. The summed E-state index contributed by atoms with van der Waals surface area (Å²) < 4.78 is 34.0. The van der Waals surface area contributed by atoms with Crippen molar-refractivity contribution in [1.82, 2.24) is 9.21 Å². The molecule has 4 rings (SSSR count). The highest BCUT2D eigenvalue weighted by molar-refractivity contribution is 7.89. The number of hydrogen-bond donors (Lipinski definition) is 2. The Morgan fingerprint density at radius 2 is 1.89 bits per heavy atom. The number of nitrogens with zero attached hydrogens (tertiary/aromatic N) is 2. The fourth-order valence-electron chi connectivity index (χ4n) is 4.35. The summed E-state index contributed by atoms with van der Waals surface area (Å²) >= 11 is 0. The minimum Gasteiger partial charge on any atom is -0.488 e. The van der Waals surface area contributed by atoms with Crippen LogP contribution in [-0.2, 0) is 14.8 Å². The van der Waals surface area contributed by atoms with Crippen molar-refractivity contribution in [1.29, 1.82) is 0 Å². The van der Waals surface area contributed by atoms with E-state index in [0.717, 1.165) is 18.4 Å². The van der Waals surface area contributed by atoms with Gasteiger partial charge in [0, 0.05) is 31.1 Å². The van der Waals surface area contributed by atoms with Crippen molar-refractivity contribution < 1.29 is 27.9 Å². The molecule has 1 fully saturated rings. The summed E-state index contributed by atoms with van der Waals surface area (Å²) in [5.74, 6) is -0.312. The Bertz CT molecular complexity index is 1260. The van der Waals surface area contributed by atoms with Crippen LogP contribution in [0, 0.1) is 18.8 Å². The largest absolute Gasteiger partial charge is 0.488 e. The topological polar surface area (TPSA) is 116 Å². The number of ether oxygens (including phenoxy) is 1. The third-order valence-electron chi connectivity index (χ3n) is 7.05. The molecule has 0 spiro atoms. The zero-order valence-corrected chi connectivity index (χ0v) is 22.5. The van der Waals surface area contributed by atoms with Gasteiger partial charge in [-0.3, -0.25) is 9.59 Å². The Balaban J connectivity index is 1.64. The minimum absolute atomic E-state index is 0.0103. The molecule has 200 valence electrons. The molecular formula is C27H35N3O6S. The van der Waals surface area contributed by atoms with Gasteiger partial charge in [0.2, 0.25) is 15.9 Å². The summed E-state index contributed by atoms with van der Waals surface area (Å²) in [5, 5.41) is 12.7. The molecule has 0 bridgehead atoms. The molecule has 37 heavy (non-hydrogen) atoms. The van der Waals surface area contributed by atoms with Gasteiger partial charge in [-0.05, 0) is 57.0 Å². The molecule has 2 amide bonds. The van der Waals surface area contributed by atoms with Gasteiger partial charge in [-0.25, -0.2) is 8.42 Å². The number of aliphatic hydroxyl groups is 1. The second kappa shape index (κ2) is 10.8. The van der Waals surface area contributed by atoms with E-state index < -0.39 is 22.2 Å². The van der Waals surface area contributed by atoms with Crippen LogP contribution in [-0.4, -0.2) is 73.4 Å². The lowest BCUT2D eigenvalue weighted by Gasteiger charge is -2.38. The number of rotatable bonds is 8. The number of nitrogens with one attached hydrogen (secondary N) is 1. The lowest BCUT2D eigenvalue weighted by atomic mass is 9.99. The number of fused-ring (bicyclic) bond motifs is 1. The van der Waals surface area contributed by atoms with Crippen LogP contribution in [0.25, 0.3) is 0 Å². The van der Waals surface area contributed by atoms with Gasteiger partial charge in [0.1, 0.15) is 11.9 Å². The Labute approximate surface area is 218 Å². The smallest absolute Gasteiger partial charge is 0.258 e. The van der Waals surface area contributed by atoms with Crippen LogP contribution in [0.1, 0.15) is 42.6 Å². The summed E-state index contributed by atoms with van der Waals surface area (Å²) in [5.41, 5.74) is 1.72. The Morgan fingerprint density at radius 3 is 2.51 bits per heavy atom. The molecule has 3 atom stereocenters. The molecule has 0 unspecified atom stereocenters. The zero-order chi connectivity index (χ0) is 26.9. The first kappa shape index (κ1) is 27.1. The van der Waals surface area contributed by atoms with Crippen LogP contribution in [0.5, 0.6) is 5.75 Å². The number of hydrogen-bond acceptors (Lipinski definition) is 6. The Morgan fingerprint density at radius 1 is 1.22 bits per heavy atom. The number of benzene rings is 2. The van der Waals surface area contributed by atoms with E-state index in [1.54, 1.807) is 54.3 Å². The zero-order valence-electron chi connectivity index (χ0n) is 21.7. The number of sulfonamides is 1. The Kier molecular flexibility index (Phi) is 7.91. The molecule has 1 saturated carbocycles. The molecule has 2 aromatic carbocycles. The third kappa shape index (κ3) is 5.97. The molecule has 0 aromatic heterocycles.